The van der Waals surface area contributed by atoms with Crippen LogP contribution in [0.25, 0.3) is 0 Å². The Hall–Kier alpha value is -1.94. The highest BCUT2D eigenvalue weighted by Gasteiger charge is 2.08. The zero-order valence-electron chi connectivity index (χ0n) is 9.91. The molecule has 0 aliphatic carbocycles. The van der Waals surface area contributed by atoms with Crippen LogP contribution in [0.2, 0.25) is 0 Å². The molecule has 4 heteroatoms. The van der Waals surface area contributed by atoms with Gasteiger partial charge in [-0.15, -0.1) is 0 Å². The fourth-order valence-corrected chi connectivity index (χ4v) is 1.73. The highest BCUT2D eigenvalue weighted by atomic mass is 19.1. The highest BCUT2D eigenvalue weighted by molar-refractivity contribution is 5.43. The van der Waals surface area contributed by atoms with Gasteiger partial charge in [0, 0.05) is 30.3 Å². The molecule has 2 aromatic rings. The van der Waals surface area contributed by atoms with E-state index in [2.05, 4.69) is 0 Å². The third-order valence-corrected chi connectivity index (χ3v) is 2.57. The third-order valence-electron chi connectivity index (χ3n) is 2.57. The van der Waals surface area contributed by atoms with Gasteiger partial charge in [-0.2, -0.15) is 0 Å². The van der Waals surface area contributed by atoms with E-state index in [0.717, 1.165) is 29.3 Å². The molecule has 94 valence electrons. The van der Waals surface area contributed by atoms with E-state index in [4.69, 9.17) is 10.5 Å². The standard InChI is InChI=1S/C14H13F2NO/c1-9-3-2-4-10(8-17)14(9)18-13-6-11(15)5-12(16)7-13/h2-7H,8,17H2,1H3. The van der Waals surface area contributed by atoms with Crippen molar-refractivity contribution < 1.29 is 13.5 Å². The summed E-state index contributed by atoms with van der Waals surface area (Å²) in [5.74, 6) is -0.678. The lowest BCUT2D eigenvalue weighted by Crippen LogP contribution is -2.01. The van der Waals surface area contributed by atoms with Crippen LogP contribution < -0.4 is 10.5 Å². The van der Waals surface area contributed by atoms with Gasteiger partial charge >= 0.3 is 0 Å². The Labute approximate surface area is 104 Å². The molecule has 0 unspecified atom stereocenters. The average Bonchev–Trinajstić information content (AvgIpc) is 2.30. The summed E-state index contributed by atoms with van der Waals surface area (Å²) < 4.78 is 31.7. The molecule has 2 aromatic carbocycles. The molecule has 0 bridgehead atoms. The lowest BCUT2D eigenvalue weighted by Gasteiger charge is -2.12. The third kappa shape index (κ3) is 2.65. The molecule has 0 saturated carbocycles. The van der Waals surface area contributed by atoms with Crippen LogP contribution in [0.15, 0.2) is 36.4 Å². The maximum Gasteiger partial charge on any atom is 0.134 e. The quantitative estimate of drug-likeness (QED) is 0.903. The van der Waals surface area contributed by atoms with Crippen molar-refractivity contribution in [1.29, 1.82) is 0 Å². The Morgan fingerprint density at radius 2 is 1.78 bits per heavy atom. The van der Waals surface area contributed by atoms with E-state index < -0.39 is 11.6 Å². The SMILES string of the molecule is Cc1cccc(CN)c1Oc1cc(F)cc(F)c1. The molecule has 0 saturated heterocycles. The molecule has 0 spiro atoms. The van der Waals surface area contributed by atoms with E-state index >= 15 is 0 Å². The number of ether oxygens (including phenoxy) is 1. The summed E-state index contributed by atoms with van der Waals surface area (Å²) in [5.41, 5.74) is 7.26. The maximum absolute atomic E-state index is 13.1. The fourth-order valence-electron chi connectivity index (χ4n) is 1.73. The Balaban J connectivity index is 2.39. The van der Waals surface area contributed by atoms with Crippen LogP contribution in [0.1, 0.15) is 11.1 Å². The van der Waals surface area contributed by atoms with Gasteiger partial charge in [-0.1, -0.05) is 18.2 Å². The summed E-state index contributed by atoms with van der Waals surface area (Å²) in [6, 6.07) is 8.60. The second-order valence-corrected chi connectivity index (χ2v) is 3.97. The number of nitrogens with two attached hydrogens (primary N) is 1. The highest BCUT2D eigenvalue weighted by Crippen LogP contribution is 2.29. The summed E-state index contributed by atoms with van der Waals surface area (Å²) in [7, 11) is 0. The first-order valence-corrected chi connectivity index (χ1v) is 5.52. The fraction of sp³-hybridized carbons (Fsp3) is 0.143. The second kappa shape index (κ2) is 5.14. The van der Waals surface area contributed by atoms with Gasteiger partial charge in [0.1, 0.15) is 23.1 Å². The Morgan fingerprint density at radius 1 is 1.11 bits per heavy atom. The molecule has 18 heavy (non-hydrogen) atoms. The minimum atomic E-state index is -0.673. The van der Waals surface area contributed by atoms with Crippen molar-refractivity contribution in [1.82, 2.24) is 0 Å². The van der Waals surface area contributed by atoms with Crippen LogP contribution >= 0.6 is 0 Å². The Bertz CT molecular complexity index is 549. The minimum absolute atomic E-state index is 0.122. The van der Waals surface area contributed by atoms with Gasteiger partial charge in [0.05, 0.1) is 0 Å². The van der Waals surface area contributed by atoms with Crippen molar-refractivity contribution in [3.8, 4) is 11.5 Å². The molecule has 0 heterocycles. The predicted molar refractivity (Wildman–Crippen MR) is 65.5 cm³/mol. The van der Waals surface area contributed by atoms with E-state index in [-0.39, 0.29) is 5.75 Å². The molecule has 0 aliphatic heterocycles. The molecule has 2 N–H and O–H groups in total. The maximum atomic E-state index is 13.1. The Morgan fingerprint density at radius 3 is 2.39 bits per heavy atom. The molecule has 0 atom stereocenters. The molecule has 0 radical (unpaired) electrons. The van der Waals surface area contributed by atoms with Crippen molar-refractivity contribution in [2.24, 2.45) is 5.73 Å². The van der Waals surface area contributed by atoms with E-state index in [0.29, 0.717) is 12.3 Å². The second-order valence-electron chi connectivity index (χ2n) is 3.97. The van der Waals surface area contributed by atoms with Crippen LogP contribution in [0.4, 0.5) is 8.78 Å². The monoisotopic (exact) mass is 249 g/mol. The molecule has 0 aliphatic rings. The van der Waals surface area contributed by atoms with Crippen LogP contribution in [0.5, 0.6) is 11.5 Å². The van der Waals surface area contributed by atoms with Crippen molar-refractivity contribution in [2.75, 3.05) is 0 Å². The first-order valence-electron chi connectivity index (χ1n) is 5.52. The number of aryl methyl sites for hydroxylation is 1. The van der Waals surface area contributed by atoms with Gasteiger partial charge in [-0.25, -0.2) is 8.78 Å². The van der Waals surface area contributed by atoms with Gasteiger partial charge < -0.3 is 10.5 Å². The van der Waals surface area contributed by atoms with Crippen molar-refractivity contribution in [2.45, 2.75) is 13.5 Å². The molecule has 0 amide bonds. The smallest absolute Gasteiger partial charge is 0.134 e. The van der Waals surface area contributed by atoms with Gasteiger partial charge in [0.15, 0.2) is 0 Å². The average molecular weight is 249 g/mol. The molecule has 0 aromatic heterocycles. The van der Waals surface area contributed by atoms with Crippen LogP contribution in [-0.2, 0) is 6.54 Å². The summed E-state index contributed by atoms with van der Waals surface area (Å²) >= 11 is 0. The normalized spacial score (nSPS) is 10.4. The van der Waals surface area contributed by atoms with Gasteiger partial charge in [0.25, 0.3) is 0 Å². The van der Waals surface area contributed by atoms with E-state index in [1.165, 1.54) is 0 Å². The predicted octanol–water partition coefficient (Wildman–Crippen LogP) is 3.52. The first kappa shape index (κ1) is 12.5. The number of para-hydroxylation sites is 1. The van der Waals surface area contributed by atoms with Crippen molar-refractivity contribution in [3.63, 3.8) is 0 Å². The molecular formula is C14H13F2NO. The lowest BCUT2D eigenvalue weighted by molar-refractivity contribution is 0.460. The van der Waals surface area contributed by atoms with Crippen LogP contribution in [-0.4, -0.2) is 0 Å². The summed E-state index contributed by atoms with van der Waals surface area (Å²) in [5, 5.41) is 0. The van der Waals surface area contributed by atoms with Crippen molar-refractivity contribution in [3.05, 3.63) is 59.2 Å². The van der Waals surface area contributed by atoms with Crippen molar-refractivity contribution >= 4 is 0 Å². The first-order chi connectivity index (χ1) is 8.60. The number of hydrogen-bond donors (Lipinski definition) is 1. The van der Waals surface area contributed by atoms with Gasteiger partial charge in [0.2, 0.25) is 0 Å². The Kier molecular flexibility index (Phi) is 3.58. The number of benzene rings is 2. The number of hydrogen-bond acceptors (Lipinski definition) is 2. The van der Waals surface area contributed by atoms with E-state index in [1.807, 2.05) is 25.1 Å². The van der Waals surface area contributed by atoms with Crippen LogP contribution in [0, 0.1) is 18.6 Å². The molecule has 0 fully saturated rings. The summed E-state index contributed by atoms with van der Waals surface area (Å²) in [6.45, 7) is 2.15. The number of halogens is 2. The molecular weight excluding hydrogens is 236 g/mol. The lowest BCUT2D eigenvalue weighted by atomic mass is 10.1. The van der Waals surface area contributed by atoms with Gasteiger partial charge in [-0.3, -0.25) is 0 Å². The van der Waals surface area contributed by atoms with E-state index in [1.54, 1.807) is 0 Å². The topological polar surface area (TPSA) is 35.2 Å². The zero-order valence-corrected chi connectivity index (χ0v) is 9.91. The minimum Gasteiger partial charge on any atom is -0.457 e. The molecule has 2 rings (SSSR count). The van der Waals surface area contributed by atoms with Crippen LogP contribution in [0.3, 0.4) is 0 Å². The largest absolute Gasteiger partial charge is 0.457 e. The summed E-state index contributed by atoms with van der Waals surface area (Å²) in [4.78, 5) is 0. The molecule has 2 nitrogen and oxygen atoms in total. The van der Waals surface area contributed by atoms with Gasteiger partial charge in [-0.05, 0) is 12.5 Å². The zero-order chi connectivity index (χ0) is 13.1. The van der Waals surface area contributed by atoms with E-state index in [9.17, 15) is 8.78 Å². The summed E-state index contributed by atoms with van der Waals surface area (Å²) in [6.07, 6.45) is 0. The number of rotatable bonds is 3.